The maximum atomic E-state index is 2.53. The van der Waals surface area contributed by atoms with Gasteiger partial charge in [0.2, 0.25) is 0 Å². The molecule has 1 heterocycles. The van der Waals surface area contributed by atoms with Crippen molar-refractivity contribution in [3.63, 3.8) is 0 Å². The van der Waals surface area contributed by atoms with Crippen molar-refractivity contribution in [2.45, 2.75) is 19.3 Å². The molecule has 1 aliphatic heterocycles. The lowest BCUT2D eigenvalue weighted by atomic mass is 10.1. The first-order valence-electron chi connectivity index (χ1n) is 5.08. The normalized spacial score (nSPS) is 38.0. The predicted octanol–water partition coefficient (Wildman–Crippen LogP) is 2.17. The van der Waals surface area contributed by atoms with Crippen LogP contribution in [0.2, 0.25) is 0 Å². The summed E-state index contributed by atoms with van der Waals surface area (Å²) in [7, 11) is 0. The zero-order valence-electron chi connectivity index (χ0n) is 7.37. The molecule has 2 aliphatic carbocycles. The first-order valence-corrected chi connectivity index (χ1v) is 5.08. The standard InChI is InChI=1S/C11H15N/c1-2-6-12(5-1)11-4-3-9-7-10(9)8-11/h3-4,8-10H,1-2,5-7H2. The summed E-state index contributed by atoms with van der Waals surface area (Å²) in [5.41, 5.74) is 1.51. The van der Waals surface area contributed by atoms with Crippen LogP contribution < -0.4 is 0 Å². The topological polar surface area (TPSA) is 3.24 Å². The lowest BCUT2D eigenvalue weighted by Crippen LogP contribution is -2.18. The molecule has 0 bridgehead atoms. The Bertz CT molecular complexity index is 246. The molecule has 12 heavy (non-hydrogen) atoms. The molecule has 1 saturated heterocycles. The molecule has 64 valence electrons. The van der Waals surface area contributed by atoms with Crippen LogP contribution in [0.5, 0.6) is 0 Å². The van der Waals surface area contributed by atoms with Gasteiger partial charge < -0.3 is 4.90 Å². The molecule has 2 fully saturated rings. The largest absolute Gasteiger partial charge is 0.372 e. The molecule has 0 radical (unpaired) electrons. The molecule has 3 rings (SSSR count). The Hall–Kier alpha value is -0.720. The van der Waals surface area contributed by atoms with Gasteiger partial charge in [-0.15, -0.1) is 0 Å². The lowest BCUT2D eigenvalue weighted by Gasteiger charge is -2.20. The first-order chi connectivity index (χ1) is 5.93. The van der Waals surface area contributed by atoms with Crippen LogP contribution in [0.4, 0.5) is 0 Å². The van der Waals surface area contributed by atoms with Crippen molar-refractivity contribution in [3.8, 4) is 0 Å². The Morgan fingerprint density at radius 2 is 2.00 bits per heavy atom. The number of likely N-dealkylation sites (tertiary alicyclic amines) is 1. The van der Waals surface area contributed by atoms with Crippen molar-refractivity contribution in [2.24, 2.45) is 11.8 Å². The summed E-state index contributed by atoms with van der Waals surface area (Å²) in [6.07, 6.45) is 11.4. The van der Waals surface area contributed by atoms with E-state index in [0.29, 0.717) is 0 Å². The minimum Gasteiger partial charge on any atom is -0.372 e. The third-order valence-corrected chi connectivity index (χ3v) is 3.26. The van der Waals surface area contributed by atoms with Crippen LogP contribution in [0.1, 0.15) is 19.3 Å². The molecule has 2 atom stereocenters. The molecule has 2 unspecified atom stereocenters. The molecule has 1 saturated carbocycles. The average Bonchev–Trinajstić information content (AvgIpc) is 2.66. The first kappa shape index (κ1) is 6.76. The van der Waals surface area contributed by atoms with Gasteiger partial charge in [0.15, 0.2) is 0 Å². The minimum absolute atomic E-state index is 0.908. The second kappa shape index (κ2) is 2.38. The summed E-state index contributed by atoms with van der Waals surface area (Å²) < 4.78 is 0. The average molecular weight is 161 g/mol. The Morgan fingerprint density at radius 1 is 1.17 bits per heavy atom. The summed E-state index contributed by atoms with van der Waals surface area (Å²) in [5.74, 6) is 1.82. The minimum atomic E-state index is 0.908. The van der Waals surface area contributed by atoms with E-state index in [9.17, 15) is 0 Å². The predicted molar refractivity (Wildman–Crippen MR) is 49.6 cm³/mol. The molecule has 3 aliphatic rings. The van der Waals surface area contributed by atoms with Crippen LogP contribution in [0.25, 0.3) is 0 Å². The van der Waals surface area contributed by atoms with Crippen LogP contribution in [-0.2, 0) is 0 Å². The smallest absolute Gasteiger partial charge is 0.0325 e. The summed E-state index contributed by atoms with van der Waals surface area (Å²) in [6.45, 7) is 2.57. The zero-order chi connectivity index (χ0) is 7.97. The maximum absolute atomic E-state index is 2.53. The van der Waals surface area contributed by atoms with E-state index in [1.54, 1.807) is 0 Å². The highest BCUT2D eigenvalue weighted by atomic mass is 15.1. The van der Waals surface area contributed by atoms with Crippen molar-refractivity contribution in [1.29, 1.82) is 0 Å². The Balaban J connectivity index is 1.79. The molecular formula is C11H15N. The summed E-state index contributed by atoms with van der Waals surface area (Å²) in [6, 6.07) is 0. The number of rotatable bonds is 1. The molecule has 0 spiro atoms. The van der Waals surface area contributed by atoms with E-state index < -0.39 is 0 Å². The Morgan fingerprint density at radius 3 is 2.75 bits per heavy atom. The molecule has 0 amide bonds. The van der Waals surface area contributed by atoms with Gasteiger partial charge in [0.05, 0.1) is 0 Å². The lowest BCUT2D eigenvalue weighted by molar-refractivity contribution is 0.435. The van der Waals surface area contributed by atoms with Crippen molar-refractivity contribution in [3.05, 3.63) is 23.9 Å². The highest BCUT2D eigenvalue weighted by molar-refractivity contribution is 5.30. The maximum Gasteiger partial charge on any atom is 0.0325 e. The molecule has 1 nitrogen and oxygen atoms in total. The molecule has 1 heteroatoms. The monoisotopic (exact) mass is 161 g/mol. The molecule has 0 N–H and O–H groups in total. The van der Waals surface area contributed by atoms with Crippen molar-refractivity contribution in [1.82, 2.24) is 4.90 Å². The highest BCUT2D eigenvalue weighted by Crippen LogP contribution is 2.44. The fourth-order valence-electron chi connectivity index (χ4n) is 2.33. The number of hydrogen-bond acceptors (Lipinski definition) is 1. The van der Waals surface area contributed by atoms with Crippen LogP contribution in [-0.4, -0.2) is 18.0 Å². The molecule has 0 aromatic rings. The van der Waals surface area contributed by atoms with Gasteiger partial charge in [0, 0.05) is 18.8 Å². The highest BCUT2D eigenvalue weighted by Gasteiger charge is 2.35. The number of nitrogens with zero attached hydrogens (tertiary/aromatic N) is 1. The fraction of sp³-hybridized carbons (Fsp3) is 0.636. The van der Waals surface area contributed by atoms with Crippen LogP contribution in [0, 0.1) is 11.8 Å². The third-order valence-electron chi connectivity index (χ3n) is 3.26. The van der Waals surface area contributed by atoms with Gasteiger partial charge in [0.25, 0.3) is 0 Å². The van der Waals surface area contributed by atoms with E-state index >= 15 is 0 Å². The molecule has 0 aromatic carbocycles. The van der Waals surface area contributed by atoms with E-state index in [2.05, 4.69) is 23.1 Å². The SMILES string of the molecule is C1=CC2CC2C=C1N1CCCC1. The van der Waals surface area contributed by atoms with Crippen molar-refractivity contribution in [2.75, 3.05) is 13.1 Å². The van der Waals surface area contributed by atoms with E-state index in [1.165, 1.54) is 38.0 Å². The number of allylic oxidation sites excluding steroid dienone is 3. The molecule has 0 aromatic heterocycles. The summed E-state index contributed by atoms with van der Waals surface area (Å²) >= 11 is 0. The van der Waals surface area contributed by atoms with Crippen molar-refractivity contribution < 1.29 is 0 Å². The Labute approximate surface area is 73.8 Å². The molecular weight excluding hydrogens is 146 g/mol. The summed E-state index contributed by atoms with van der Waals surface area (Å²) in [4.78, 5) is 2.53. The number of fused-ring (bicyclic) bond motifs is 1. The quantitative estimate of drug-likeness (QED) is 0.569. The van der Waals surface area contributed by atoms with Gasteiger partial charge in [-0.2, -0.15) is 0 Å². The second-order valence-corrected chi connectivity index (χ2v) is 4.21. The van der Waals surface area contributed by atoms with Crippen LogP contribution in [0.15, 0.2) is 23.9 Å². The van der Waals surface area contributed by atoms with E-state index in [4.69, 9.17) is 0 Å². The zero-order valence-corrected chi connectivity index (χ0v) is 7.37. The van der Waals surface area contributed by atoms with E-state index in [0.717, 1.165) is 11.8 Å². The third kappa shape index (κ3) is 0.996. The fourth-order valence-corrected chi connectivity index (χ4v) is 2.33. The Kier molecular flexibility index (Phi) is 1.34. The summed E-state index contributed by atoms with van der Waals surface area (Å²) in [5, 5.41) is 0. The second-order valence-electron chi connectivity index (χ2n) is 4.21. The number of hydrogen-bond donors (Lipinski definition) is 0. The van der Waals surface area contributed by atoms with Gasteiger partial charge >= 0.3 is 0 Å². The van der Waals surface area contributed by atoms with Gasteiger partial charge in [-0.25, -0.2) is 0 Å². The van der Waals surface area contributed by atoms with Gasteiger partial charge in [-0.3, -0.25) is 0 Å². The van der Waals surface area contributed by atoms with Crippen molar-refractivity contribution >= 4 is 0 Å². The van der Waals surface area contributed by atoms with E-state index in [-0.39, 0.29) is 0 Å². The van der Waals surface area contributed by atoms with E-state index in [1.807, 2.05) is 0 Å². The van der Waals surface area contributed by atoms with Crippen LogP contribution in [0.3, 0.4) is 0 Å². The van der Waals surface area contributed by atoms with Gasteiger partial charge in [-0.1, -0.05) is 12.2 Å². The van der Waals surface area contributed by atoms with Gasteiger partial charge in [-0.05, 0) is 37.2 Å². The van der Waals surface area contributed by atoms with Crippen LogP contribution >= 0.6 is 0 Å². The van der Waals surface area contributed by atoms with Gasteiger partial charge in [0.1, 0.15) is 0 Å².